The van der Waals surface area contributed by atoms with Crippen LogP contribution < -0.4 is 16.2 Å². The van der Waals surface area contributed by atoms with E-state index in [1.807, 2.05) is 0 Å². The molecule has 1 saturated heterocycles. The quantitative estimate of drug-likeness (QED) is 0.481. The minimum Gasteiger partial charge on any atom is -0.369 e. The Morgan fingerprint density at radius 3 is 2.57 bits per heavy atom. The number of nitrogens with two attached hydrogens (primary N) is 2. The van der Waals surface area contributed by atoms with Crippen LogP contribution in [0, 0.1) is 0 Å². The van der Waals surface area contributed by atoms with Crippen molar-refractivity contribution in [1.82, 2.24) is 9.62 Å². The molecule has 1 amide bonds. The lowest BCUT2D eigenvalue weighted by atomic mass is 10.2. The third kappa shape index (κ3) is 2.91. The molecule has 1 rings (SSSR count). The molecule has 1 unspecified atom stereocenters. The molecule has 0 saturated carbocycles. The predicted octanol–water partition coefficient (Wildman–Crippen LogP) is -2.66. The summed E-state index contributed by atoms with van der Waals surface area (Å²) >= 11 is 0. The molecule has 0 aromatic rings. The summed E-state index contributed by atoms with van der Waals surface area (Å²) in [5.41, 5.74) is 4.94. The number of amides is 1. The Morgan fingerprint density at radius 1 is 1.57 bits per heavy atom. The van der Waals surface area contributed by atoms with Crippen LogP contribution in [0.15, 0.2) is 0 Å². The second kappa shape index (κ2) is 4.22. The molecule has 82 valence electrons. The van der Waals surface area contributed by atoms with Crippen LogP contribution in [0.2, 0.25) is 0 Å². The molecule has 8 heteroatoms. The fraction of sp³-hybridized carbons (Fsp3) is 0.833. The number of hydrogen-bond acceptors (Lipinski definition) is 4. The van der Waals surface area contributed by atoms with E-state index in [1.165, 1.54) is 0 Å². The zero-order chi connectivity index (χ0) is 10.8. The number of nitrogens with zero attached hydrogens (tertiary/aromatic N) is 1. The van der Waals surface area contributed by atoms with E-state index >= 15 is 0 Å². The van der Waals surface area contributed by atoms with Crippen LogP contribution in [0.4, 0.5) is 0 Å². The van der Waals surface area contributed by atoms with Gasteiger partial charge in [0.25, 0.3) is 10.2 Å². The van der Waals surface area contributed by atoms with Crippen LogP contribution in [-0.2, 0) is 15.0 Å². The number of nitrogens with one attached hydrogen (secondary N) is 1. The Hall–Kier alpha value is -0.700. The van der Waals surface area contributed by atoms with Crippen molar-refractivity contribution >= 4 is 16.1 Å². The molecule has 0 radical (unpaired) electrons. The number of carbonyl (C=O) groups is 1. The van der Waals surface area contributed by atoms with Crippen molar-refractivity contribution in [2.45, 2.75) is 12.5 Å². The first-order chi connectivity index (χ1) is 6.41. The monoisotopic (exact) mass is 222 g/mol. The van der Waals surface area contributed by atoms with Gasteiger partial charge in [-0.05, 0) is 13.0 Å². The molecule has 5 N–H and O–H groups in total. The van der Waals surface area contributed by atoms with Crippen molar-refractivity contribution in [1.29, 1.82) is 0 Å². The van der Waals surface area contributed by atoms with Crippen molar-refractivity contribution < 1.29 is 13.2 Å². The number of hydrogen-bond donors (Lipinski definition) is 3. The maximum Gasteiger partial charge on any atom is 0.277 e. The van der Waals surface area contributed by atoms with E-state index in [1.54, 1.807) is 0 Å². The minimum atomic E-state index is -3.85. The molecule has 1 atom stereocenters. The highest BCUT2D eigenvalue weighted by Gasteiger charge is 2.30. The van der Waals surface area contributed by atoms with Gasteiger partial charge in [0.15, 0.2) is 0 Å². The van der Waals surface area contributed by atoms with Gasteiger partial charge < -0.3 is 11.1 Å². The normalized spacial score (nSPS) is 22.9. The summed E-state index contributed by atoms with van der Waals surface area (Å²) in [5, 5.41) is 7.95. The Morgan fingerprint density at radius 2 is 2.21 bits per heavy atom. The predicted molar refractivity (Wildman–Crippen MR) is 50.3 cm³/mol. The molecular formula is C6H14N4O3S. The van der Waals surface area contributed by atoms with Crippen molar-refractivity contribution in [2.24, 2.45) is 10.9 Å². The summed E-state index contributed by atoms with van der Waals surface area (Å²) in [7, 11) is -3.85. The van der Waals surface area contributed by atoms with E-state index in [0.29, 0.717) is 13.0 Å². The maximum absolute atomic E-state index is 11.1. The van der Waals surface area contributed by atoms with E-state index in [-0.39, 0.29) is 12.6 Å². The Balaban J connectivity index is 2.75. The smallest absolute Gasteiger partial charge is 0.277 e. The largest absolute Gasteiger partial charge is 0.369 e. The molecule has 7 nitrogen and oxygen atoms in total. The molecule has 1 aliphatic rings. The molecule has 1 heterocycles. The summed E-state index contributed by atoms with van der Waals surface area (Å²) < 4.78 is 23.2. The zero-order valence-electron chi connectivity index (χ0n) is 7.64. The SMILES string of the molecule is NC(=O)CN(C1CCNC1)S(N)(=O)=O. The summed E-state index contributed by atoms with van der Waals surface area (Å²) in [6, 6.07) is -0.266. The van der Waals surface area contributed by atoms with Gasteiger partial charge in [-0.25, -0.2) is 5.14 Å². The summed E-state index contributed by atoms with van der Waals surface area (Å²) in [5.74, 6) is -0.703. The summed E-state index contributed by atoms with van der Waals surface area (Å²) in [4.78, 5) is 10.7. The van der Waals surface area contributed by atoms with Gasteiger partial charge in [-0.15, -0.1) is 0 Å². The van der Waals surface area contributed by atoms with Crippen LogP contribution >= 0.6 is 0 Å². The second-order valence-corrected chi connectivity index (χ2v) is 4.70. The van der Waals surface area contributed by atoms with E-state index in [4.69, 9.17) is 10.9 Å². The number of primary amides is 1. The van der Waals surface area contributed by atoms with Gasteiger partial charge in [0.05, 0.1) is 6.54 Å². The summed E-state index contributed by atoms with van der Waals surface area (Å²) in [6.07, 6.45) is 0.643. The Kier molecular flexibility index (Phi) is 3.43. The van der Waals surface area contributed by atoms with E-state index < -0.39 is 16.1 Å². The third-order valence-electron chi connectivity index (χ3n) is 2.08. The molecule has 1 fully saturated rings. The first kappa shape index (κ1) is 11.4. The lowest BCUT2D eigenvalue weighted by Gasteiger charge is -2.23. The lowest BCUT2D eigenvalue weighted by molar-refractivity contribution is -0.118. The maximum atomic E-state index is 11.1. The molecule has 0 aromatic heterocycles. The third-order valence-corrected chi connectivity index (χ3v) is 3.16. The van der Waals surface area contributed by atoms with Crippen LogP contribution in [-0.4, -0.2) is 44.3 Å². The molecular weight excluding hydrogens is 208 g/mol. The van der Waals surface area contributed by atoms with Gasteiger partial charge in [0.1, 0.15) is 0 Å². The highest BCUT2D eigenvalue weighted by atomic mass is 32.2. The van der Waals surface area contributed by atoms with Crippen LogP contribution in [0.1, 0.15) is 6.42 Å². The number of carbonyl (C=O) groups excluding carboxylic acids is 1. The molecule has 0 aromatic carbocycles. The highest BCUT2D eigenvalue weighted by molar-refractivity contribution is 7.86. The summed E-state index contributed by atoms with van der Waals surface area (Å²) in [6.45, 7) is 0.865. The molecule has 0 spiro atoms. The fourth-order valence-corrected chi connectivity index (χ4v) is 2.37. The van der Waals surface area contributed by atoms with Gasteiger partial charge in [0, 0.05) is 12.6 Å². The Bertz CT molecular complexity index is 309. The average Bonchev–Trinajstić information content (AvgIpc) is 2.49. The van der Waals surface area contributed by atoms with Gasteiger partial charge in [-0.1, -0.05) is 0 Å². The van der Waals surface area contributed by atoms with Crippen molar-refractivity contribution in [3.8, 4) is 0 Å². The molecule has 14 heavy (non-hydrogen) atoms. The first-order valence-corrected chi connectivity index (χ1v) is 5.70. The average molecular weight is 222 g/mol. The van der Waals surface area contributed by atoms with Gasteiger partial charge in [-0.2, -0.15) is 12.7 Å². The topological polar surface area (TPSA) is 119 Å². The van der Waals surface area contributed by atoms with Crippen molar-refractivity contribution in [3.63, 3.8) is 0 Å². The lowest BCUT2D eigenvalue weighted by Crippen LogP contribution is -2.48. The number of rotatable bonds is 4. The first-order valence-electron chi connectivity index (χ1n) is 4.20. The zero-order valence-corrected chi connectivity index (χ0v) is 8.46. The van der Waals surface area contributed by atoms with Crippen LogP contribution in [0.5, 0.6) is 0 Å². The fourth-order valence-electron chi connectivity index (χ4n) is 1.47. The molecule has 0 aliphatic carbocycles. The van der Waals surface area contributed by atoms with Gasteiger partial charge in [0.2, 0.25) is 5.91 Å². The van der Waals surface area contributed by atoms with E-state index in [0.717, 1.165) is 10.8 Å². The Labute approximate surface area is 82.6 Å². The molecule has 1 aliphatic heterocycles. The van der Waals surface area contributed by atoms with Gasteiger partial charge >= 0.3 is 0 Å². The van der Waals surface area contributed by atoms with Crippen LogP contribution in [0.25, 0.3) is 0 Å². The van der Waals surface area contributed by atoms with Gasteiger partial charge in [-0.3, -0.25) is 4.79 Å². The van der Waals surface area contributed by atoms with Crippen molar-refractivity contribution in [3.05, 3.63) is 0 Å². The van der Waals surface area contributed by atoms with E-state index in [2.05, 4.69) is 5.32 Å². The molecule has 0 bridgehead atoms. The van der Waals surface area contributed by atoms with E-state index in [9.17, 15) is 13.2 Å². The minimum absolute atomic E-state index is 0.266. The highest BCUT2D eigenvalue weighted by Crippen LogP contribution is 2.10. The van der Waals surface area contributed by atoms with Crippen molar-refractivity contribution in [2.75, 3.05) is 19.6 Å². The van der Waals surface area contributed by atoms with Crippen LogP contribution in [0.3, 0.4) is 0 Å². The standard InChI is InChI=1S/C6H14N4O3S/c7-6(11)4-10(14(8,12)13)5-1-2-9-3-5/h5,9H,1-4H2,(H2,7,11)(H2,8,12,13). The second-order valence-electron chi connectivity index (χ2n) is 3.20.